The highest BCUT2D eigenvalue weighted by Crippen LogP contribution is 2.27. The largest absolute Gasteiger partial charge is 0.316 e. The summed E-state index contributed by atoms with van der Waals surface area (Å²) in [4.78, 5) is 16.5. The standard InChI is InChI=1S/C12H20N4O/c1-3-16-11(14-9-15-16)7-10(17)12(2)5-4-6-13-8-12/h9,13H,3-8H2,1-2H3. The SMILES string of the molecule is CCn1ncnc1CC(=O)C1(C)CCCNC1. The Kier molecular flexibility index (Phi) is 3.57. The summed E-state index contributed by atoms with van der Waals surface area (Å²) in [6.07, 6.45) is 3.96. The molecule has 0 amide bonds. The van der Waals surface area contributed by atoms with Crippen molar-refractivity contribution in [1.29, 1.82) is 0 Å². The number of Topliss-reactive ketones (excluding diaryl/α,β-unsaturated/α-hetero) is 1. The summed E-state index contributed by atoms with van der Waals surface area (Å²) in [5.74, 6) is 1.05. The lowest BCUT2D eigenvalue weighted by Crippen LogP contribution is -2.44. The van der Waals surface area contributed by atoms with Crippen LogP contribution in [0.15, 0.2) is 6.33 Å². The summed E-state index contributed by atoms with van der Waals surface area (Å²) in [5, 5.41) is 7.39. The number of carbonyl (C=O) groups excluding carboxylic acids is 1. The van der Waals surface area contributed by atoms with Gasteiger partial charge in [0.05, 0.1) is 6.42 Å². The molecular formula is C12H20N4O. The van der Waals surface area contributed by atoms with Gasteiger partial charge in [0.25, 0.3) is 0 Å². The normalized spacial score (nSPS) is 24.8. The van der Waals surface area contributed by atoms with E-state index in [-0.39, 0.29) is 11.2 Å². The van der Waals surface area contributed by atoms with Crippen LogP contribution in [-0.2, 0) is 17.8 Å². The number of rotatable bonds is 4. The predicted molar refractivity (Wildman–Crippen MR) is 64.6 cm³/mol. The Morgan fingerprint density at radius 1 is 1.65 bits per heavy atom. The van der Waals surface area contributed by atoms with Gasteiger partial charge < -0.3 is 5.32 Å². The molecule has 1 aliphatic heterocycles. The molecule has 1 saturated heterocycles. The van der Waals surface area contributed by atoms with Crippen molar-refractivity contribution in [3.63, 3.8) is 0 Å². The molecule has 1 aromatic heterocycles. The molecule has 1 aliphatic rings. The van der Waals surface area contributed by atoms with Gasteiger partial charge in [-0.3, -0.25) is 4.79 Å². The van der Waals surface area contributed by atoms with Crippen molar-refractivity contribution >= 4 is 5.78 Å². The molecule has 0 aromatic carbocycles. The molecule has 1 atom stereocenters. The third kappa shape index (κ3) is 2.54. The summed E-state index contributed by atoms with van der Waals surface area (Å²) in [6, 6.07) is 0. The molecule has 1 aromatic rings. The fraction of sp³-hybridized carbons (Fsp3) is 0.750. The Balaban J connectivity index is 2.05. The van der Waals surface area contributed by atoms with E-state index in [0.717, 1.165) is 38.3 Å². The number of nitrogens with one attached hydrogen (secondary N) is 1. The molecule has 0 saturated carbocycles. The number of ketones is 1. The number of hydrogen-bond acceptors (Lipinski definition) is 4. The van der Waals surface area contributed by atoms with Crippen molar-refractivity contribution in [2.24, 2.45) is 5.41 Å². The van der Waals surface area contributed by atoms with Gasteiger partial charge in [-0.05, 0) is 26.3 Å². The second-order valence-corrected chi connectivity index (χ2v) is 4.93. The topological polar surface area (TPSA) is 59.8 Å². The van der Waals surface area contributed by atoms with Crippen molar-refractivity contribution in [3.8, 4) is 0 Å². The van der Waals surface area contributed by atoms with E-state index in [1.54, 1.807) is 4.68 Å². The van der Waals surface area contributed by atoms with Gasteiger partial charge in [-0.15, -0.1) is 0 Å². The lowest BCUT2D eigenvalue weighted by Gasteiger charge is -2.32. The Labute approximate surface area is 102 Å². The molecule has 0 radical (unpaired) electrons. The third-order valence-electron chi connectivity index (χ3n) is 3.58. The monoisotopic (exact) mass is 236 g/mol. The van der Waals surface area contributed by atoms with Gasteiger partial charge in [-0.2, -0.15) is 5.10 Å². The lowest BCUT2D eigenvalue weighted by atomic mass is 9.78. The van der Waals surface area contributed by atoms with Crippen LogP contribution >= 0.6 is 0 Å². The van der Waals surface area contributed by atoms with Gasteiger partial charge in [0.15, 0.2) is 0 Å². The van der Waals surface area contributed by atoms with Crippen LogP contribution in [0.4, 0.5) is 0 Å². The van der Waals surface area contributed by atoms with Crippen LogP contribution < -0.4 is 5.32 Å². The predicted octanol–water partition coefficient (Wildman–Crippen LogP) is 0.799. The molecule has 0 aliphatic carbocycles. The van der Waals surface area contributed by atoms with E-state index < -0.39 is 0 Å². The molecule has 1 fully saturated rings. The lowest BCUT2D eigenvalue weighted by molar-refractivity contribution is -0.128. The molecule has 1 unspecified atom stereocenters. The smallest absolute Gasteiger partial charge is 0.147 e. The average molecular weight is 236 g/mol. The fourth-order valence-corrected chi connectivity index (χ4v) is 2.34. The Bertz CT molecular complexity index is 393. The molecule has 1 N–H and O–H groups in total. The summed E-state index contributed by atoms with van der Waals surface area (Å²) in [5.41, 5.74) is -0.233. The molecule has 0 spiro atoms. The first-order valence-corrected chi connectivity index (χ1v) is 6.26. The Morgan fingerprint density at radius 2 is 2.47 bits per heavy atom. The zero-order chi connectivity index (χ0) is 12.3. The average Bonchev–Trinajstić information content (AvgIpc) is 2.77. The van der Waals surface area contributed by atoms with Gasteiger partial charge in [0.2, 0.25) is 0 Å². The van der Waals surface area contributed by atoms with Crippen molar-refractivity contribution in [3.05, 3.63) is 12.2 Å². The van der Waals surface area contributed by atoms with Crippen molar-refractivity contribution in [1.82, 2.24) is 20.1 Å². The molecule has 2 heterocycles. The summed E-state index contributed by atoms with van der Waals surface area (Å²) in [6.45, 7) is 6.62. The molecule has 5 nitrogen and oxygen atoms in total. The van der Waals surface area contributed by atoms with Gasteiger partial charge in [-0.1, -0.05) is 6.92 Å². The zero-order valence-electron chi connectivity index (χ0n) is 10.6. The number of carbonyl (C=O) groups is 1. The zero-order valence-corrected chi connectivity index (χ0v) is 10.6. The van der Waals surface area contributed by atoms with E-state index in [1.807, 2.05) is 13.8 Å². The van der Waals surface area contributed by atoms with E-state index in [0.29, 0.717) is 6.42 Å². The van der Waals surface area contributed by atoms with Crippen molar-refractivity contribution in [2.45, 2.75) is 39.7 Å². The maximum absolute atomic E-state index is 12.3. The minimum atomic E-state index is -0.233. The van der Waals surface area contributed by atoms with E-state index in [9.17, 15) is 4.79 Å². The third-order valence-corrected chi connectivity index (χ3v) is 3.58. The second-order valence-electron chi connectivity index (χ2n) is 4.93. The minimum Gasteiger partial charge on any atom is -0.316 e. The first kappa shape index (κ1) is 12.2. The van der Waals surface area contributed by atoms with Gasteiger partial charge >= 0.3 is 0 Å². The number of hydrogen-bond donors (Lipinski definition) is 1. The minimum absolute atomic E-state index is 0.233. The molecule has 5 heteroatoms. The fourth-order valence-electron chi connectivity index (χ4n) is 2.34. The van der Waals surface area contributed by atoms with Gasteiger partial charge in [0, 0.05) is 18.5 Å². The molecule has 2 rings (SSSR count). The first-order chi connectivity index (χ1) is 8.15. The highest BCUT2D eigenvalue weighted by atomic mass is 16.1. The number of aromatic nitrogens is 3. The molecular weight excluding hydrogens is 216 g/mol. The van der Waals surface area contributed by atoms with Crippen molar-refractivity contribution < 1.29 is 4.79 Å². The van der Waals surface area contributed by atoms with Crippen LogP contribution in [0.3, 0.4) is 0 Å². The highest BCUT2D eigenvalue weighted by molar-refractivity contribution is 5.86. The number of aryl methyl sites for hydroxylation is 1. The van der Waals surface area contributed by atoms with Crippen LogP contribution in [-0.4, -0.2) is 33.6 Å². The quantitative estimate of drug-likeness (QED) is 0.840. The molecule has 17 heavy (non-hydrogen) atoms. The molecule has 0 bridgehead atoms. The maximum Gasteiger partial charge on any atom is 0.147 e. The van der Waals surface area contributed by atoms with E-state index in [4.69, 9.17) is 0 Å². The van der Waals surface area contributed by atoms with Crippen molar-refractivity contribution in [2.75, 3.05) is 13.1 Å². The van der Waals surface area contributed by atoms with E-state index in [2.05, 4.69) is 15.4 Å². The Hall–Kier alpha value is -1.23. The number of nitrogens with zero attached hydrogens (tertiary/aromatic N) is 3. The van der Waals surface area contributed by atoms with Crippen LogP contribution in [0, 0.1) is 5.41 Å². The van der Waals surface area contributed by atoms with Gasteiger partial charge in [0.1, 0.15) is 17.9 Å². The second kappa shape index (κ2) is 4.96. The maximum atomic E-state index is 12.3. The summed E-state index contributed by atoms with van der Waals surface area (Å²) < 4.78 is 1.79. The number of piperidine rings is 1. The summed E-state index contributed by atoms with van der Waals surface area (Å²) in [7, 11) is 0. The first-order valence-electron chi connectivity index (χ1n) is 6.26. The van der Waals surface area contributed by atoms with Crippen LogP contribution in [0.5, 0.6) is 0 Å². The van der Waals surface area contributed by atoms with Crippen LogP contribution in [0.1, 0.15) is 32.5 Å². The molecule has 94 valence electrons. The van der Waals surface area contributed by atoms with Crippen LogP contribution in [0.2, 0.25) is 0 Å². The van der Waals surface area contributed by atoms with Gasteiger partial charge in [-0.25, -0.2) is 9.67 Å². The summed E-state index contributed by atoms with van der Waals surface area (Å²) >= 11 is 0. The van der Waals surface area contributed by atoms with E-state index >= 15 is 0 Å². The Morgan fingerprint density at radius 3 is 3.12 bits per heavy atom. The van der Waals surface area contributed by atoms with Crippen LogP contribution in [0.25, 0.3) is 0 Å². The van der Waals surface area contributed by atoms with E-state index in [1.165, 1.54) is 6.33 Å². The highest BCUT2D eigenvalue weighted by Gasteiger charge is 2.34.